The number of halogens is 3. The van der Waals surface area contributed by atoms with E-state index in [0.29, 0.717) is 20.3 Å². The highest BCUT2D eigenvalue weighted by Gasteiger charge is 2.19. The second kappa shape index (κ2) is 10.0. The normalized spacial score (nSPS) is 14.5. The van der Waals surface area contributed by atoms with Crippen LogP contribution in [-0.2, 0) is 11.4 Å². The molecule has 0 bridgehead atoms. The maximum absolute atomic E-state index is 13.0. The molecule has 0 spiro atoms. The quantitative estimate of drug-likeness (QED) is 0.380. The van der Waals surface area contributed by atoms with Gasteiger partial charge in [-0.05, 0) is 86.2 Å². The average molecular weight is 522 g/mol. The van der Waals surface area contributed by atoms with Gasteiger partial charge >= 0.3 is 0 Å². The first-order valence-electron chi connectivity index (χ1n) is 9.25. The van der Waals surface area contributed by atoms with Crippen molar-refractivity contribution in [3.63, 3.8) is 0 Å². The Balaban J connectivity index is 1.73. The Kier molecular flexibility index (Phi) is 7.45. The molecule has 7 heteroatoms. The van der Waals surface area contributed by atoms with E-state index < -0.39 is 0 Å². The molecule has 150 valence electrons. The standard InChI is InChI=1S/C22H19Br2FN2O2/c23-19-10-15(9-16(12-26)22(28)27-18-3-1-2-4-18)11-20(24)21(19)29-13-14-5-7-17(25)8-6-14/h5-11,18H,1-4,13H2,(H,27,28)/b16-9-. The molecule has 1 aliphatic rings. The molecule has 3 rings (SSSR count). The topological polar surface area (TPSA) is 62.1 Å². The monoisotopic (exact) mass is 520 g/mol. The van der Waals surface area contributed by atoms with Crippen LogP contribution in [0.5, 0.6) is 5.75 Å². The largest absolute Gasteiger partial charge is 0.487 e. The molecule has 0 atom stereocenters. The molecule has 0 aliphatic heterocycles. The summed E-state index contributed by atoms with van der Waals surface area (Å²) in [5.74, 6) is -0.0545. The third kappa shape index (κ3) is 5.91. The molecule has 0 aromatic heterocycles. The Labute approximate surface area is 186 Å². The number of rotatable bonds is 6. The molecular formula is C22H19Br2FN2O2. The predicted octanol–water partition coefficient (Wildman–Crippen LogP) is 5.90. The van der Waals surface area contributed by atoms with Gasteiger partial charge < -0.3 is 10.1 Å². The molecule has 0 unspecified atom stereocenters. The van der Waals surface area contributed by atoms with Crippen LogP contribution in [0.4, 0.5) is 4.39 Å². The first kappa shape index (κ1) is 21.5. The lowest BCUT2D eigenvalue weighted by Crippen LogP contribution is -2.33. The lowest BCUT2D eigenvalue weighted by atomic mass is 10.1. The lowest BCUT2D eigenvalue weighted by Gasteiger charge is -2.13. The van der Waals surface area contributed by atoms with Gasteiger partial charge in [0.25, 0.3) is 5.91 Å². The van der Waals surface area contributed by atoms with E-state index in [1.807, 2.05) is 6.07 Å². The minimum Gasteiger partial charge on any atom is -0.487 e. The summed E-state index contributed by atoms with van der Waals surface area (Å²) in [6.07, 6.45) is 5.69. The van der Waals surface area contributed by atoms with E-state index in [2.05, 4.69) is 37.2 Å². The Morgan fingerprint density at radius 1 is 1.21 bits per heavy atom. The SMILES string of the molecule is N#C/C(=C/c1cc(Br)c(OCc2ccc(F)cc2)c(Br)c1)C(=O)NC1CCCC1. The molecule has 29 heavy (non-hydrogen) atoms. The fourth-order valence-electron chi connectivity index (χ4n) is 3.19. The first-order valence-corrected chi connectivity index (χ1v) is 10.8. The highest BCUT2D eigenvalue weighted by Crippen LogP contribution is 2.36. The Morgan fingerprint density at radius 2 is 1.83 bits per heavy atom. The first-order chi connectivity index (χ1) is 14.0. The number of hydrogen-bond donors (Lipinski definition) is 1. The highest BCUT2D eigenvalue weighted by molar-refractivity contribution is 9.11. The Morgan fingerprint density at radius 3 is 2.41 bits per heavy atom. The van der Waals surface area contributed by atoms with Crippen molar-refractivity contribution in [2.24, 2.45) is 0 Å². The van der Waals surface area contributed by atoms with E-state index >= 15 is 0 Å². The number of nitrogens with zero attached hydrogens (tertiary/aromatic N) is 1. The van der Waals surface area contributed by atoms with E-state index in [1.165, 1.54) is 12.1 Å². The van der Waals surface area contributed by atoms with Crippen LogP contribution in [-0.4, -0.2) is 11.9 Å². The van der Waals surface area contributed by atoms with Gasteiger partial charge in [-0.3, -0.25) is 4.79 Å². The number of ether oxygens (including phenoxy) is 1. The maximum atomic E-state index is 13.0. The van der Waals surface area contributed by atoms with Gasteiger partial charge in [0.15, 0.2) is 0 Å². The Hall–Kier alpha value is -2.17. The summed E-state index contributed by atoms with van der Waals surface area (Å²) in [7, 11) is 0. The molecule has 4 nitrogen and oxygen atoms in total. The van der Waals surface area contributed by atoms with Crippen LogP contribution in [0, 0.1) is 17.1 Å². The summed E-state index contributed by atoms with van der Waals surface area (Å²) in [6.45, 7) is 0.278. The molecule has 2 aromatic carbocycles. The van der Waals surface area contributed by atoms with Crippen molar-refractivity contribution in [3.8, 4) is 11.8 Å². The van der Waals surface area contributed by atoms with Crippen molar-refractivity contribution >= 4 is 43.8 Å². The zero-order chi connectivity index (χ0) is 20.8. The molecular weight excluding hydrogens is 503 g/mol. The minimum atomic E-state index is -0.344. The van der Waals surface area contributed by atoms with Crippen LogP contribution in [0.2, 0.25) is 0 Å². The van der Waals surface area contributed by atoms with E-state index in [9.17, 15) is 14.4 Å². The van der Waals surface area contributed by atoms with Gasteiger partial charge in [0, 0.05) is 6.04 Å². The van der Waals surface area contributed by atoms with Gasteiger partial charge in [-0.1, -0.05) is 25.0 Å². The number of nitriles is 1. The third-order valence-corrected chi connectivity index (χ3v) is 5.86. The minimum absolute atomic E-state index is 0.0654. The van der Waals surface area contributed by atoms with Gasteiger partial charge in [-0.25, -0.2) is 4.39 Å². The van der Waals surface area contributed by atoms with Crippen LogP contribution in [0.1, 0.15) is 36.8 Å². The summed E-state index contributed by atoms with van der Waals surface area (Å²) in [4.78, 5) is 12.4. The number of amides is 1. The number of carbonyl (C=O) groups is 1. The van der Waals surface area contributed by atoms with Crippen molar-refractivity contribution in [1.29, 1.82) is 5.26 Å². The molecule has 1 aliphatic carbocycles. The van der Waals surface area contributed by atoms with Gasteiger partial charge in [0.05, 0.1) is 8.95 Å². The molecule has 0 saturated heterocycles. The summed E-state index contributed by atoms with van der Waals surface area (Å²) >= 11 is 6.95. The third-order valence-electron chi connectivity index (χ3n) is 4.68. The van der Waals surface area contributed by atoms with Crippen molar-refractivity contribution in [1.82, 2.24) is 5.32 Å². The van der Waals surface area contributed by atoms with E-state index in [-0.39, 0.29) is 29.9 Å². The smallest absolute Gasteiger partial charge is 0.262 e. The van der Waals surface area contributed by atoms with Crippen LogP contribution in [0.15, 0.2) is 50.9 Å². The molecule has 2 aromatic rings. The number of carbonyl (C=O) groups excluding carboxylic acids is 1. The second-order valence-corrected chi connectivity index (χ2v) is 8.56. The van der Waals surface area contributed by atoms with Crippen molar-refractivity contribution in [3.05, 3.63) is 67.9 Å². The summed E-state index contributed by atoms with van der Waals surface area (Å²) < 4.78 is 20.2. The summed E-state index contributed by atoms with van der Waals surface area (Å²) in [5, 5.41) is 12.3. The fraction of sp³-hybridized carbons (Fsp3) is 0.273. The van der Waals surface area contributed by atoms with Gasteiger partial charge in [0.2, 0.25) is 0 Å². The average Bonchev–Trinajstić information content (AvgIpc) is 3.19. The zero-order valence-electron chi connectivity index (χ0n) is 15.6. The number of hydrogen-bond acceptors (Lipinski definition) is 3. The number of benzene rings is 2. The fourth-order valence-corrected chi connectivity index (χ4v) is 4.64. The van der Waals surface area contributed by atoms with Crippen molar-refractivity contribution in [2.75, 3.05) is 0 Å². The van der Waals surface area contributed by atoms with Gasteiger partial charge in [-0.2, -0.15) is 5.26 Å². The van der Waals surface area contributed by atoms with Crippen LogP contribution < -0.4 is 10.1 Å². The van der Waals surface area contributed by atoms with E-state index in [4.69, 9.17) is 4.74 Å². The van der Waals surface area contributed by atoms with Gasteiger partial charge in [0.1, 0.15) is 29.8 Å². The predicted molar refractivity (Wildman–Crippen MR) is 117 cm³/mol. The van der Waals surface area contributed by atoms with Crippen LogP contribution in [0.25, 0.3) is 6.08 Å². The zero-order valence-corrected chi connectivity index (χ0v) is 18.7. The molecule has 1 amide bonds. The van der Waals surface area contributed by atoms with Crippen LogP contribution >= 0.6 is 31.9 Å². The second-order valence-electron chi connectivity index (χ2n) is 6.85. The Bertz CT molecular complexity index is 939. The highest BCUT2D eigenvalue weighted by atomic mass is 79.9. The number of nitrogens with one attached hydrogen (secondary N) is 1. The molecule has 1 fully saturated rings. The van der Waals surface area contributed by atoms with E-state index in [0.717, 1.165) is 31.2 Å². The summed E-state index contributed by atoms with van der Waals surface area (Å²) in [5.41, 5.74) is 1.59. The maximum Gasteiger partial charge on any atom is 0.262 e. The molecule has 0 radical (unpaired) electrons. The van der Waals surface area contributed by atoms with Crippen molar-refractivity contribution < 1.29 is 13.9 Å². The molecule has 1 saturated carbocycles. The lowest BCUT2D eigenvalue weighted by molar-refractivity contribution is -0.117. The van der Waals surface area contributed by atoms with Gasteiger partial charge in [-0.15, -0.1) is 0 Å². The summed E-state index contributed by atoms with van der Waals surface area (Å²) in [6, 6.07) is 11.8. The van der Waals surface area contributed by atoms with Crippen LogP contribution in [0.3, 0.4) is 0 Å². The molecule has 1 N–H and O–H groups in total. The van der Waals surface area contributed by atoms with E-state index in [1.54, 1.807) is 30.3 Å². The molecule has 0 heterocycles. The van der Waals surface area contributed by atoms with Crippen molar-refractivity contribution in [2.45, 2.75) is 38.3 Å².